The van der Waals surface area contributed by atoms with E-state index in [1.54, 1.807) is 0 Å². The summed E-state index contributed by atoms with van der Waals surface area (Å²) in [6.07, 6.45) is 3.34. The highest BCUT2D eigenvalue weighted by molar-refractivity contribution is 5.49. The van der Waals surface area contributed by atoms with Crippen LogP contribution in [0.1, 0.15) is 19.3 Å². The first-order chi connectivity index (χ1) is 10.4. The van der Waals surface area contributed by atoms with Crippen LogP contribution in [0, 0.1) is 0 Å². The average molecular weight is 283 g/mol. The largest absolute Gasteiger partial charge is 0.457 e. The van der Waals surface area contributed by atoms with Crippen LogP contribution in [0.5, 0.6) is 11.5 Å². The normalized spacial score (nSPS) is 18.8. The van der Waals surface area contributed by atoms with E-state index in [1.165, 1.54) is 0 Å². The van der Waals surface area contributed by atoms with Gasteiger partial charge in [-0.05, 0) is 43.5 Å². The Balaban J connectivity index is 1.65. The molecule has 0 spiro atoms. The predicted octanol–water partition coefficient (Wildman–Crippen LogP) is 4.46. The molecular weight excluding hydrogens is 262 g/mol. The molecule has 2 aromatic carbocycles. The van der Waals surface area contributed by atoms with Crippen molar-refractivity contribution in [3.05, 3.63) is 54.6 Å². The molecule has 110 valence electrons. The highest BCUT2D eigenvalue weighted by atomic mass is 16.5. The smallest absolute Gasteiger partial charge is 0.129 e. The second kappa shape index (κ2) is 7.14. The van der Waals surface area contributed by atoms with Crippen LogP contribution >= 0.6 is 0 Å². The van der Waals surface area contributed by atoms with Crippen molar-refractivity contribution in [2.75, 3.05) is 18.5 Å². The van der Waals surface area contributed by atoms with Gasteiger partial charge in [0.25, 0.3) is 0 Å². The Morgan fingerprint density at radius 3 is 2.67 bits per heavy atom. The van der Waals surface area contributed by atoms with E-state index in [2.05, 4.69) is 17.4 Å². The van der Waals surface area contributed by atoms with E-state index in [9.17, 15) is 0 Å². The maximum Gasteiger partial charge on any atom is 0.129 e. The minimum atomic E-state index is 0.486. The molecule has 3 rings (SSSR count). The van der Waals surface area contributed by atoms with Crippen LogP contribution in [0.2, 0.25) is 0 Å². The Kier molecular flexibility index (Phi) is 4.74. The summed E-state index contributed by atoms with van der Waals surface area (Å²) in [5.41, 5.74) is 1.11. The quantitative estimate of drug-likeness (QED) is 0.898. The summed E-state index contributed by atoms with van der Waals surface area (Å²) in [6, 6.07) is 18.5. The van der Waals surface area contributed by atoms with Crippen LogP contribution < -0.4 is 10.1 Å². The van der Waals surface area contributed by atoms with E-state index in [0.717, 1.165) is 49.7 Å². The number of benzene rings is 2. The summed E-state index contributed by atoms with van der Waals surface area (Å²) in [6.45, 7) is 1.73. The van der Waals surface area contributed by atoms with Crippen molar-refractivity contribution in [3.8, 4) is 11.5 Å². The van der Waals surface area contributed by atoms with Gasteiger partial charge in [-0.3, -0.25) is 0 Å². The lowest BCUT2D eigenvalue weighted by Gasteiger charge is -2.17. The average Bonchev–Trinajstić information content (AvgIpc) is 2.77. The van der Waals surface area contributed by atoms with Gasteiger partial charge in [0.1, 0.15) is 11.5 Å². The van der Waals surface area contributed by atoms with Crippen LogP contribution in [0.25, 0.3) is 0 Å². The summed E-state index contributed by atoms with van der Waals surface area (Å²) >= 11 is 0. The fourth-order valence-corrected chi connectivity index (χ4v) is 2.56. The van der Waals surface area contributed by atoms with Gasteiger partial charge in [-0.25, -0.2) is 0 Å². The molecule has 0 bridgehead atoms. The highest BCUT2D eigenvalue weighted by Gasteiger charge is 2.12. The lowest BCUT2D eigenvalue weighted by molar-refractivity contribution is 0.144. The van der Waals surface area contributed by atoms with E-state index < -0.39 is 0 Å². The SMILES string of the molecule is c1ccc(Oc2cccc(NC3CCCOCC3)c2)cc1. The molecule has 1 atom stereocenters. The Labute approximate surface area is 125 Å². The first-order valence-electron chi connectivity index (χ1n) is 7.57. The second-order valence-corrected chi connectivity index (χ2v) is 5.33. The standard InChI is InChI=1S/C18H21NO2/c1-2-8-17(9-3-1)21-18-10-4-6-16(14-18)19-15-7-5-12-20-13-11-15/h1-4,6,8-10,14-15,19H,5,7,11-13H2. The maximum atomic E-state index is 5.87. The van der Waals surface area contributed by atoms with Crippen molar-refractivity contribution in [2.24, 2.45) is 0 Å². The molecule has 0 aromatic heterocycles. The van der Waals surface area contributed by atoms with E-state index in [1.807, 2.05) is 42.5 Å². The Morgan fingerprint density at radius 1 is 0.905 bits per heavy atom. The molecule has 0 aliphatic carbocycles. The fourth-order valence-electron chi connectivity index (χ4n) is 2.56. The molecule has 0 saturated carbocycles. The molecule has 0 radical (unpaired) electrons. The molecule has 0 amide bonds. The van der Waals surface area contributed by atoms with Gasteiger partial charge < -0.3 is 14.8 Å². The second-order valence-electron chi connectivity index (χ2n) is 5.33. The summed E-state index contributed by atoms with van der Waals surface area (Å²) in [5, 5.41) is 3.59. The Bertz CT molecular complexity index is 548. The number of ether oxygens (including phenoxy) is 2. The van der Waals surface area contributed by atoms with E-state index >= 15 is 0 Å². The summed E-state index contributed by atoms with van der Waals surface area (Å²) in [4.78, 5) is 0. The molecule has 21 heavy (non-hydrogen) atoms. The number of nitrogens with one attached hydrogen (secondary N) is 1. The first-order valence-corrected chi connectivity index (χ1v) is 7.57. The zero-order valence-corrected chi connectivity index (χ0v) is 12.1. The third kappa shape index (κ3) is 4.23. The van der Waals surface area contributed by atoms with Crippen molar-refractivity contribution >= 4 is 5.69 Å². The van der Waals surface area contributed by atoms with Gasteiger partial charge in [-0.2, -0.15) is 0 Å². The fraction of sp³-hybridized carbons (Fsp3) is 0.333. The zero-order chi connectivity index (χ0) is 14.3. The molecule has 1 saturated heterocycles. The van der Waals surface area contributed by atoms with Gasteiger partial charge in [0.2, 0.25) is 0 Å². The molecule has 1 heterocycles. The van der Waals surface area contributed by atoms with Crippen LogP contribution in [0.3, 0.4) is 0 Å². The molecule has 1 aliphatic heterocycles. The number of rotatable bonds is 4. The van der Waals surface area contributed by atoms with Crippen molar-refractivity contribution in [1.82, 2.24) is 0 Å². The van der Waals surface area contributed by atoms with Crippen molar-refractivity contribution < 1.29 is 9.47 Å². The van der Waals surface area contributed by atoms with E-state index in [0.29, 0.717) is 6.04 Å². The predicted molar refractivity (Wildman–Crippen MR) is 85.0 cm³/mol. The maximum absolute atomic E-state index is 5.87. The van der Waals surface area contributed by atoms with Crippen molar-refractivity contribution in [3.63, 3.8) is 0 Å². The molecule has 3 heteroatoms. The molecule has 2 aromatic rings. The third-order valence-corrected chi connectivity index (χ3v) is 3.64. The van der Waals surface area contributed by atoms with Gasteiger partial charge in [-0.1, -0.05) is 24.3 Å². The molecular formula is C18H21NO2. The number of para-hydroxylation sites is 1. The monoisotopic (exact) mass is 283 g/mol. The lowest BCUT2D eigenvalue weighted by atomic mass is 10.1. The highest BCUT2D eigenvalue weighted by Crippen LogP contribution is 2.25. The van der Waals surface area contributed by atoms with Gasteiger partial charge >= 0.3 is 0 Å². The first kappa shape index (κ1) is 14.0. The van der Waals surface area contributed by atoms with Crippen LogP contribution in [-0.2, 0) is 4.74 Å². The van der Waals surface area contributed by atoms with Gasteiger partial charge in [0, 0.05) is 31.0 Å². The van der Waals surface area contributed by atoms with Gasteiger partial charge in [0.05, 0.1) is 0 Å². The Morgan fingerprint density at radius 2 is 1.76 bits per heavy atom. The summed E-state index contributed by atoms with van der Waals surface area (Å²) in [5.74, 6) is 1.72. The topological polar surface area (TPSA) is 30.5 Å². The van der Waals surface area contributed by atoms with Gasteiger partial charge in [0.15, 0.2) is 0 Å². The van der Waals surface area contributed by atoms with Crippen LogP contribution in [0.4, 0.5) is 5.69 Å². The number of hydrogen-bond acceptors (Lipinski definition) is 3. The molecule has 1 aliphatic rings. The van der Waals surface area contributed by atoms with Crippen LogP contribution in [0.15, 0.2) is 54.6 Å². The van der Waals surface area contributed by atoms with Crippen molar-refractivity contribution in [2.45, 2.75) is 25.3 Å². The van der Waals surface area contributed by atoms with Gasteiger partial charge in [-0.15, -0.1) is 0 Å². The summed E-state index contributed by atoms with van der Waals surface area (Å²) < 4.78 is 11.4. The van der Waals surface area contributed by atoms with E-state index in [-0.39, 0.29) is 0 Å². The minimum absolute atomic E-state index is 0.486. The van der Waals surface area contributed by atoms with E-state index in [4.69, 9.17) is 9.47 Å². The zero-order valence-electron chi connectivity index (χ0n) is 12.1. The molecule has 3 nitrogen and oxygen atoms in total. The molecule has 1 unspecified atom stereocenters. The number of anilines is 1. The molecule has 1 fully saturated rings. The third-order valence-electron chi connectivity index (χ3n) is 3.64. The Hall–Kier alpha value is -2.00. The summed E-state index contributed by atoms with van der Waals surface area (Å²) in [7, 11) is 0. The van der Waals surface area contributed by atoms with Crippen molar-refractivity contribution in [1.29, 1.82) is 0 Å². The molecule has 1 N–H and O–H groups in total. The van der Waals surface area contributed by atoms with Crippen LogP contribution in [-0.4, -0.2) is 19.3 Å². The number of hydrogen-bond donors (Lipinski definition) is 1. The minimum Gasteiger partial charge on any atom is -0.457 e. The lowest BCUT2D eigenvalue weighted by Crippen LogP contribution is -2.19.